The van der Waals surface area contributed by atoms with Crippen LogP contribution in [-0.4, -0.2) is 25.8 Å². The Bertz CT molecular complexity index is 162. The highest BCUT2D eigenvalue weighted by Crippen LogP contribution is 2.31. The molecular weight excluding hydrogens is 186 g/mol. The van der Waals surface area contributed by atoms with E-state index in [0.29, 0.717) is 6.10 Å². The molecule has 0 heterocycles. The molecule has 0 aliphatic heterocycles. The zero-order valence-electron chi connectivity index (χ0n) is 9.84. The zero-order valence-corrected chi connectivity index (χ0v) is 9.84. The minimum absolute atomic E-state index is 0.573. The van der Waals surface area contributed by atoms with Gasteiger partial charge in [0.2, 0.25) is 0 Å². The van der Waals surface area contributed by atoms with Crippen molar-refractivity contribution in [3.63, 3.8) is 0 Å². The molecule has 2 aliphatic rings. The molecule has 0 spiro atoms. The molecule has 2 nitrogen and oxygen atoms in total. The predicted octanol–water partition coefficient (Wildman–Crippen LogP) is 2.73. The normalized spacial score (nSPS) is 23.2. The lowest BCUT2D eigenvalue weighted by atomic mass is 9.98. The van der Waals surface area contributed by atoms with Gasteiger partial charge in [-0.1, -0.05) is 32.1 Å². The van der Waals surface area contributed by atoms with Crippen molar-refractivity contribution in [2.75, 3.05) is 19.7 Å². The molecule has 2 fully saturated rings. The van der Waals surface area contributed by atoms with Crippen LogP contribution in [0.1, 0.15) is 51.4 Å². The van der Waals surface area contributed by atoms with Crippen molar-refractivity contribution in [2.24, 2.45) is 5.92 Å². The summed E-state index contributed by atoms with van der Waals surface area (Å²) in [5, 5.41) is 3.47. The van der Waals surface area contributed by atoms with Gasteiger partial charge < -0.3 is 10.1 Å². The summed E-state index contributed by atoms with van der Waals surface area (Å²) in [6.07, 6.45) is 11.6. The first-order valence-electron chi connectivity index (χ1n) is 6.77. The smallest absolute Gasteiger partial charge is 0.0594 e. The fraction of sp³-hybridized carbons (Fsp3) is 1.00. The average Bonchev–Trinajstić information content (AvgIpc) is 3.09. The molecule has 2 aliphatic carbocycles. The van der Waals surface area contributed by atoms with Crippen LogP contribution in [0.4, 0.5) is 0 Å². The van der Waals surface area contributed by atoms with E-state index in [1.54, 1.807) is 0 Å². The zero-order chi connectivity index (χ0) is 10.3. The van der Waals surface area contributed by atoms with Gasteiger partial charge in [0.05, 0.1) is 12.7 Å². The van der Waals surface area contributed by atoms with E-state index in [0.717, 1.165) is 19.1 Å². The van der Waals surface area contributed by atoms with Gasteiger partial charge in [-0.05, 0) is 31.7 Å². The van der Waals surface area contributed by atoms with Crippen molar-refractivity contribution in [3.05, 3.63) is 0 Å². The highest BCUT2D eigenvalue weighted by atomic mass is 16.5. The Balaban J connectivity index is 1.37. The first-order chi connectivity index (χ1) is 7.45. The number of ether oxygens (including phenoxy) is 1. The average molecular weight is 211 g/mol. The monoisotopic (exact) mass is 211 g/mol. The highest BCUT2D eigenvalue weighted by Gasteiger charge is 2.19. The van der Waals surface area contributed by atoms with E-state index in [1.165, 1.54) is 57.9 Å². The maximum Gasteiger partial charge on any atom is 0.0594 e. The summed E-state index contributed by atoms with van der Waals surface area (Å²) in [5.41, 5.74) is 0. The Morgan fingerprint density at radius 1 is 0.933 bits per heavy atom. The minimum Gasteiger partial charge on any atom is -0.377 e. The standard InChI is InChI=1S/C13H25NO/c1-2-4-13(5-3-1)15-11-10-14-9-8-12-6-7-12/h12-14H,1-11H2. The SMILES string of the molecule is C1CCC(OCCNCCC2CC2)CC1. The lowest BCUT2D eigenvalue weighted by Gasteiger charge is -2.22. The summed E-state index contributed by atoms with van der Waals surface area (Å²) in [4.78, 5) is 0. The van der Waals surface area contributed by atoms with E-state index >= 15 is 0 Å². The van der Waals surface area contributed by atoms with Crippen LogP contribution in [0.5, 0.6) is 0 Å². The second-order valence-electron chi connectivity index (χ2n) is 5.11. The lowest BCUT2D eigenvalue weighted by Crippen LogP contribution is -2.25. The quantitative estimate of drug-likeness (QED) is 0.654. The van der Waals surface area contributed by atoms with Gasteiger partial charge in [-0.3, -0.25) is 0 Å². The van der Waals surface area contributed by atoms with Crippen molar-refractivity contribution < 1.29 is 4.74 Å². The third kappa shape index (κ3) is 4.98. The molecule has 1 N–H and O–H groups in total. The van der Waals surface area contributed by atoms with E-state index in [9.17, 15) is 0 Å². The molecule has 0 radical (unpaired) electrons. The van der Waals surface area contributed by atoms with Crippen LogP contribution in [0.15, 0.2) is 0 Å². The summed E-state index contributed by atoms with van der Waals surface area (Å²) in [6.45, 7) is 3.15. The Morgan fingerprint density at radius 2 is 1.73 bits per heavy atom. The predicted molar refractivity (Wildman–Crippen MR) is 63.0 cm³/mol. The Hall–Kier alpha value is -0.0800. The van der Waals surface area contributed by atoms with Gasteiger partial charge in [-0.2, -0.15) is 0 Å². The number of rotatable bonds is 7. The van der Waals surface area contributed by atoms with Gasteiger partial charge in [0.1, 0.15) is 0 Å². The Labute approximate surface area is 93.8 Å². The van der Waals surface area contributed by atoms with Crippen molar-refractivity contribution in [2.45, 2.75) is 57.5 Å². The van der Waals surface area contributed by atoms with Gasteiger partial charge in [0, 0.05) is 6.54 Å². The summed E-state index contributed by atoms with van der Waals surface area (Å²) in [6, 6.07) is 0. The van der Waals surface area contributed by atoms with Crippen LogP contribution in [-0.2, 0) is 4.74 Å². The maximum absolute atomic E-state index is 5.84. The van der Waals surface area contributed by atoms with E-state index in [2.05, 4.69) is 5.32 Å². The molecule has 15 heavy (non-hydrogen) atoms. The second-order valence-corrected chi connectivity index (χ2v) is 5.11. The Kier molecular flexibility index (Phi) is 4.94. The van der Waals surface area contributed by atoms with Gasteiger partial charge in [-0.15, -0.1) is 0 Å². The molecule has 0 amide bonds. The Morgan fingerprint density at radius 3 is 2.47 bits per heavy atom. The van der Waals surface area contributed by atoms with Crippen LogP contribution in [0.2, 0.25) is 0 Å². The van der Waals surface area contributed by atoms with Crippen LogP contribution in [0.3, 0.4) is 0 Å². The number of hydrogen-bond acceptors (Lipinski definition) is 2. The molecule has 0 aromatic rings. The van der Waals surface area contributed by atoms with Crippen LogP contribution in [0, 0.1) is 5.92 Å². The lowest BCUT2D eigenvalue weighted by molar-refractivity contribution is 0.0303. The summed E-state index contributed by atoms with van der Waals surface area (Å²) >= 11 is 0. The molecule has 2 heteroatoms. The van der Waals surface area contributed by atoms with E-state index in [-0.39, 0.29) is 0 Å². The van der Waals surface area contributed by atoms with Crippen LogP contribution >= 0.6 is 0 Å². The van der Waals surface area contributed by atoms with E-state index in [4.69, 9.17) is 4.74 Å². The summed E-state index contributed by atoms with van der Waals surface area (Å²) in [7, 11) is 0. The molecule has 0 unspecified atom stereocenters. The van der Waals surface area contributed by atoms with E-state index in [1.807, 2.05) is 0 Å². The molecule has 88 valence electrons. The minimum atomic E-state index is 0.573. The van der Waals surface area contributed by atoms with Gasteiger partial charge in [0.25, 0.3) is 0 Å². The molecule has 2 rings (SSSR count). The third-order valence-corrected chi connectivity index (χ3v) is 3.61. The summed E-state index contributed by atoms with van der Waals surface area (Å²) in [5.74, 6) is 1.05. The number of hydrogen-bond donors (Lipinski definition) is 1. The van der Waals surface area contributed by atoms with Crippen molar-refractivity contribution >= 4 is 0 Å². The van der Waals surface area contributed by atoms with Crippen LogP contribution in [0.25, 0.3) is 0 Å². The molecule has 0 saturated heterocycles. The third-order valence-electron chi connectivity index (χ3n) is 3.61. The molecule has 2 saturated carbocycles. The van der Waals surface area contributed by atoms with Gasteiger partial charge >= 0.3 is 0 Å². The van der Waals surface area contributed by atoms with Crippen molar-refractivity contribution in [1.82, 2.24) is 5.32 Å². The van der Waals surface area contributed by atoms with E-state index < -0.39 is 0 Å². The molecule has 0 aromatic carbocycles. The van der Waals surface area contributed by atoms with Gasteiger partial charge in [0.15, 0.2) is 0 Å². The molecule has 0 bridgehead atoms. The fourth-order valence-corrected chi connectivity index (χ4v) is 2.37. The molecular formula is C13H25NO. The van der Waals surface area contributed by atoms with Crippen LogP contribution < -0.4 is 5.32 Å². The summed E-state index contributed by atoms with van der Waals surface area (Å²) < 4.78 is 5.84. The highest BCUT2D eigenvalue weighted by molar-refractivity contribution is 4.73. The molecule has 0 aromatic heterocycles. The maximum atomic E-state index is 5.84. The largest absolute Gasteiger partial charge is 0.377 e. The molecule has 0 atom stereocenters. The fourth-order valence-electron chi connectivity index (χ4n) is 2.37. The first kappa shape index (κ1) is 11.4. The van der Waals surface area contributed by atoms with Crippen molar-refractivity contribution in [1.29, 1.82) is 0 Å². The van der Waals surface area contributed by atoms with Gasteiger partial charge in [-0.25, -0.2) is 0 Å². The first-order valence-corrected chi connectivity index (χ1v) is 6.77. The topological polar surface area (TPSA) is 21.3 Å². The second kappa shape index (κ2) is 6.49. The van der Waals surface area contributed by atoms with Crippen molar-refractivity contribution in [3.8, 4) is 0 Å². The number of nitrogens with one attached hydrogen (secondary N) is 1.